The van der Waals surface area contributed by atoms with Crippen LogP contribution in [0.4, 0.5) is 0 Å². The molecule has 0 atom stereocenters. The Morgan fingerprint density at radius 1 is 1.83 bits per heavy atom. The molecule has 2 nitrogen and oxygen atoms in total. The zero-order valence-electron chi connectivity index (χ0n) is 3.02. The summed E-state index contributed by atoms with van der Waals surface area (Å²) in [5, 5.41) is 7.59. The number of alkyl halides is 1. The van der Waals surface area contributed by atoms with E-state index in [2.05, 4.69) is 0 Å². The third-order valence-electron chi connectivity index (χ3n) is 0.114. The fourth-order valence-electron chi connectivity index (χ4n) is 0. The fourth-order valence-corrected chi connectivity index (χ4v) is 0. The number of rotatable bonds is 1. The van der Waals surface area contributed by atoms with Crippen LogP contribution in [0.25, 0.3) is 0 Å². The summed E-state index contributed by atoms with van der Waals surface area (Å²) in [5.41, 5.74) is 0. The molecule has 0 unspecified atom stereocenters. The van der Waals surface area contributed by atoms with E-state index in [1.807, 2.05) is 0 Å². The molecule has 0 aromatic rings. The summed E-state index contributed by atoms with van der Waals surface area (Å²) in [5.74, 6) is -1.29. The van der Waals surface area contributed by atoms with Crippen LogP contribution >= 0.6 is 11.6 Å². The van der Waals surface area contributed by atoms with Crippen LogP contribution in [0.15, 0.2) is 0 Å². The molecular formula is C2H4ClO2Pb. The van der Waals surface area contributed by atoms with Crippen LogP contribution < -0.4 is 0 Å². The van der Waals surface area contributed by atoms with Gasteiger partial charge in [0.25, 0.3) is 0 Å². The van der Waals surface area contributed by atoms with Crippen LogP contribution in [0, 0.1) is 0 Å². The molecule has 0 heterocycles. The molecule has 4 heteroatoms. The van der Waals surface area contributed by atoms with Crippen molar-refractivity contribution < 1.29 is 9.90 Å². The van der Waals surface area contributed by atoms with E-state index >= 15 is 0 Å². The number of carboxylic acid groups (broad SMARTS) is 1. The molecule has 0 saturated heterocycles. The van der Waals surface area contributed by atoms with E-state index in [-0.39, 0.29) is 33.2 Å². The van der Waals surface area contributed by atoms with Crippen LogP contribution in [0.2, 0.25) is 0 Å². The van der Waals surface area contributed by atoms with E-state index < -0.39 is 5.97 Å². The topological polar surface area (TPSA) is 37.3 Å². The Kier molecular flexibility index (Phi) is 9.32. The third-order valence-corrected chi connectivity index (χ3v) is 0.343. The van der Waals surface area contributed by atoms with E-state index in [0.29, 0.717) is 0 Å². The molecule has 0 fully saturated rings. The molecule has 0 aliphatic heterocycles. The van der Waals surface area contributed by atoms with Crippen LogP contribution in [-0.2, 0) is 4.79 Å². The van der Waals surface area contributed by atoms with Crippen LogP contribution in [0.1, 0.15) is 0 Å². The first kappa shape index (κ1) is 9.84. The summed E-state index contributed by atoms with van der Waals surface area (Å²) in [6, 6.07) is 0. The van der Waals surface area contributed by atoms with Gasteiger partial charge in [0.05, 0.1) is 0 Å². The number of hydrogen-bond donors (Lipinski definition) is 1. The van der Waals surface area contributed by atoms with Gasteiger partial charge < -0.3 is 5.11 Å². The van der Waals surface area contributed by atoms with Crippen molar-refractivity contribution in [3.8, 4) is 0 Å². The van der Waals surface area contributed by atoms with Crippen molar-refractivity contribution in [2.75, 3.05) is 5.88 Å². The number of halogens is 1. The average molecular weight is 303 g/mol. The maximum atomic E-state index is 9.24. The molecule has 3 radical (unpaired) electrons. The number of carboxylic acids is 1. The van der Waals surface area contributed by atoms with Crippen molar-refractivity contribution in [3.05, 3.63) is 0 Å². The first-order chi connectivity index (χ1) is 2.27. The minimum absolute atomic E-state index is 0. The van der Waals surface area contributed by atoms with Gasteiger partial charge in [-0.1, -0.05) is 0 Å². The zero-order chi connectivity index (χ0) is 4.28. The normalized spacial score (nSPS) is 6.17. The van der Waals surface area contributed by atoms with Crippen LogP contribution in [0.5, 0.6) is 0 Å². The van der Waals surface area contributed by atoms with Crippen molar-refractivity contribution >= 4 is 44.9 Å². The van der Waals surface area contributed by atoms with E-state index in [0.717, 1.165) is 0 Å². The summed E-state index contributed by atoms with van der Waals surface area (Å²) in [7, 11) is 0. The van der Waals surface area contributed by atoms with Gasteiger partial charge in [-0.15, -0.1) is 11.6 Å². The van der Waals surface area contributed by atoms with E-state index in [1.165, 1.54) is 0 Å². The van der Waals surface area contributed by atoms with E-state index in [1.54, 1.807) is 0 Å². The van der Waals surface area contributed by atoms with Crippen molar-refractivity contribution in [1.29, 1.82) is 0 Å². The molecule has 0 amide bonds. The molecular weight excluding hydrogens is 299 g/mol. The second-order valence-corrected chi connectivity index (χ2v) is 0.795. The van der Waals surface area contributed by atoms with Crippen molar-refractivity contribution in [2.24, 2.45) is 0 Å². The monoisotopic (exact) mass is 303 g/mol. The summed E-state index contributed by atoms with van der Waals surface area (Å²) < 4.78 is 0. The van der Waals surface area contributed by atoms with Gasteiger partial charge >= 0.3 is 33.3 Å². The molecule has 0 aliphatic rings. The van der Waals surface area contributed by atoms with Gasteiger partial charge in [-0.25, -0.2) is 0 Å². The fraction of sp³-hybridized carbons (Fsp3) is 0.500. The van der Waals surface area contributed by atoms with Gasteiger partial charge in [0.1, 0.15) is 5.88 Å². The second kappa shape index (κ2) is 5.68. The third kappa shape index (κ3) is 8.82. The molecule has 0 saturated carbocycles. The molecule has 0 spiro atoms. The van der Waals surface area contributed by atoms with E-state index in [9.17, 15) is 4.79 Å². The Labute approximate surface area is 60.6 Å². The standard InChI is InChI=1S/C2H3ClO2.Pb.H/c3-1-2(4)5;;/h1H2,(H,4,5);;. The number of carbonyl (C=O) groups is 1. The average Bonchev–Trinajstić information content (AvgIpc) is 1.38. The Hall–Kier alpha value is 0.682. The first-order valence-electron chi connectivity index (χ1n) is 1.05. The Morgan fingerprint density at radius 3 is 2.00 bits per heavy atom. The van der Waals surface area contributed by atoms with Gasteiger partial charge in [-0.2, -0.15) is 0 Å². The quantitative estimate of drug-likeness (QED) is 0.532. The van der Waals surface area contributed by atoms with Crippen molar-refractivity contribution in [1.82, 2.24) is 0 Å². The van der Waals surface area contributed by atoms with Gasteiger partial charge in [0, 0.05) is 0 Å². The first-order valence-corrected chi connectivity index (χ1v) is 1.58. The van der Waals surface area contributed by atoms with Gasteiger partial charge in [0.15, 0.2) is 0 Å². The summed E-state index contributed by atoms with van der Waals surface area (Å²) >= 11 is 4.74. The van der Waals surface area contributed by atoms with E-state index in [4.69, 9.17) is 16.7 Å². The molecule has 0 rings (SSSR count). The zero-order valence-corrected chi connectivity index (χ0v) is 8.26. The molecule has 0 bridgehead atoms. The SMILES string of the molecule is O=C(O)CCl.[PbH]. The minimum atomic E-state index is -0.980. The number of hydrogen-bond acceptors (Lipinski definition) is 1. The molecule has 0 aromatic heterocycles. The van der Waals surface area contributed by atoms with Gasteiger partial charge in [0.2, 0.25) is 0 Å². The molecule has 35 valence electrons. The summed E-state index contributed by atoms with van der Waals surface area (Å²) in [4.78, 5) is 9.24. The Bertz CT molecular complexity index is 46.8. The van der Waals surface area contributed by atoms with Crippen LogP contribution in [0.3, 0.4) is 0 Å². The Balaban J connectivity index is 0. The Morgan fingerprint density at radius 2 is 2.00 bits per heavy atom. The summed E-state index contributed by atoms with van der Waals surface area (Å²) in [6.07, 6.45) is 0. The van der Waals surface area contributed by atoms with Gasteiger partial charge in [-0.3, -0.25) is 4.79 Å². The molecule has 0 aliphatic carbocycles. The van der Waals surface area contributed by atoms with Crippen LogP contribution in [-0.4, -0.2) is 44.3 Å². The predicted octanol–water partition coefficient (Wildman–Crippen LogP) is -0.339. The second-order valence-electron chi connectivity index (χ2n) is 0.527. The summed E-state index contributed by atoms with van der Waals surface area (Å²) in [6.45, 7) is 0. The van der Waals surface area contributed by atoms with Crippen molar-refractivity contribution in [2.45, 2.75) is 0 Å². The van der Waals surface area contributed by atoms with Gasteiger partial charge in [-0.05, 0) is 0 Å². The maximum absolute atomic E-state index is 9.24. The molecule has 0 aromatic carbocycles. The molecule has 6 heavy (non-hydrogen) atoms. The van der Waals surface area contributed by atoms with Crippen molar-refractivity contribution in [3.63, 3.8) is 0 Å². The predicted molar refractivity (Wildman–Crippen MR) is 25.5 cm³/mol. The number of aliphatic carboxylic acids is 1. The molecule has 1 N–H and O–H groups in total.